The van der Waals surface area contributed by atoms with E-state index in [1.807, 2.05) is 36.4 Å². The van der Waals surface area contributed by atoms with Crippen LogP contribution in [-0.4, -0.2) is 40.7 Å². The van der Waals surface area contributed by atoms with Crippen molar-refractivity contribution < 1.29 is 24.2 Å². The van der Waals surface area contributed by atoms with Gasteiger partial charge in [0.05, 0.1) is 11.6 Å². The number of hydrogen-bond donors (Lipinski definition) is 3. The molecule has 1 heterocycles. The lowest BCUT2D eigenvalue weighted by Crippen LogP contribution is -2.40. The van der Waals surface area contributed by atoms with Gasteiger partial charge < -0.3 is 15.2 Å². The summed E-state index contributed by atoms with van der Waals surface area (Å²) in [7, 11) is 0. The second-order valence-electron chi connectivity index (χ2n) is 8.81. The third-order valence-electron chi connectivity index (χ3n) is 6.75. The topological polar surface area (TPSA) is 118 Å². The molecule has 3 N–H and O–H groups in total. The number of pyridine rings is 1. The summed E-state index contributed by atoms with van der Waals surface area (Å²) in [5.41, 5.74) is 4.69. The quantitative estimate of drug-likeness (QED) is 0.490. The van der Waals surface area contributed by atoms with Gasteiger partial charge in [-0.05, 0) is 47.2 Å². The number of amides is 2. The number of nitrogens with one attached hydrogen (secondary N) is 2. The van der Waals surface area contributed by atoms with Gasteiger partial charge in [-0.2, -0.15) is 0 Å². The van der Waals surface area contributed by atoms with E-state index in [2.05, 4.69) is 27.8 Å². The van der Waals surface area contributed by atoms with E-state index < -0.39 is 29.9 Å². The Bertz CT molecular complexity index is 1250. The summed E-state index contributed by atoms with van der Waals surface area (Å²) >= 11 is 0. The number of aromatic nitrogens is 1. The fourth-order valence-electron chi connectivity index (χ4n) is 5.10. The normalized spacial score (nSPS) is 18.4. The number of fused-ring (bicyclic) bond motifs is 3. The summed E-state index contributed by atoms with van der Waals surface area (Å²) in [6.45, 7) is 0.143. The van der Waals surface area contributed by atoms with Gasteiger partial charge in [-0.3, -0.25) is 14.9 Å². The zero-order chi connectivity index (χ0) is 24.4. The Morgan fingerprint density at radius 2 is 1.63 bits per heavy atom. The maximum absolute atomic E-state index is 12.9. The summed E-state index contributed by atoms with van der Waals surface area (Å²) in [5.74, 6) is -2.16. The third-order valence-corrected chi connectivity index (χ3v) is 6.75. The number of carboxylic acids is 1. The molecule has 2 atom stereocenters. The summed E-state index contributed by atoms with van der Waals surface area (Å²) in [6, 6.07) is 18.8. The number of benzene rings is 2. The van der Waals surface area contributed by atoms with E-state index in [-0.39, 0.29) is 23.9 Å². The van der Waals surface area contributed by atoms with Gasteiger partial charge in [-0.15, -0.1) is 0 Å². The molecule has 5 rings (SSSR count). The van der Waals surface area contributed by atoms with Crippen molar-refractivity contribution in [2.75, 3.05) is 11.9 Å². The molecular formula is C27H25N3O5. The van der Waals surface area contributed by atoms with E-state index in [0.29, 0.717) is 12.8 Å². The molecule has 0 saturated heterocycles. The van der Waals surface area contributed by atoms with Crippen LogP contribution in [0.5, 0.6) is 0 Å². The molecule has 8 heteroatoms. The van der Waals surface area contributed by atoms with Gasteiger partial charge in [0.25, 0.3) is 5.91 Å². The molecule has 0 aliphatic heterocycles. The fraction of sp³-hybridized carbons (Fsp3) is 0.259. The number of ether oxygens (including phenoxy) is 1. The molecule has 178 valence electrons. The molecule has 2 aliphatic rings. The predicted octanol–water partition coefficient (Wildman–Crippen LogP) is 4.43. The first-order chi connectivity index (χ1) is 17.0. The van der Waals surface area contributed by atoms with Gasteiger partial charge >= 0.3 is 12.1 Å². The number of carbonyl (C=O) groups is 3. The van der Waals surface area contributed by atoms with Crippen LogP contribution < -0.4 is 10.6 Å². The molecule has 0 spiro atoms. The Balaban J connectivity index is 1.26. The second-order valence-corrected chi connectivity index (χ2v) is 8.81. The summed E-state index contributed by atoms with van der Waals surface area (Å²) < 4.78 is 5.57. The smallest absolute Gasteiger partial charge is 0.411 e. The summed E-state index contributed by atoms with van der Waals surface area (Å²) in [6.07, 6.45) is 2.59. The van der Waals surface area contributed by atoms with Crippen molar-refractivity contribution >= 4 is 23.7 Å². The highest BCUT2D eigenvalue weighted by atomic mass is 16.5. The van der Waals surface area contributed by atoms with Crippen molar-refractivity contribution in [1.82, 2.24) is 10.3 Å². The molecule has 35 heavy (non-hydrogen) atoms. The fourth-order valence-corrected chi connectivity index (χ4v) is 5.10. The third kappa shape index (κ3) is 4.47. The van der Waals surface area contributed by atoms with Gasteiger partial charge in [-0.1, -0.05) is 55.0 Å². The molecule has 1 fully saturated rings. The standard InChI is InChI=1S/C27H25N3O5/c31-25(29-22-12-5-11-20(22)26(32)33)24-23(13-6-14-28-24)30-27(34)35-15-21-18-9-3-1-7-16(18)17-8-2-4-10-19(17)21/h1-4,6-10,13-14,20-22H,5,11-12,15H2,(H,29,31)(H,30,34)(H,32,33)/t20-,22+/m1/s1. The molecule has 2 aliphatic carbocycles. The van der Waals surface area contributed by atoms with Crippen LogP contribution in [0.3, 0.4) is 0 Å². The van der Waals surface area contributed by atoms with Crippen LogP contribution in [0, 0.1) is 5.92 Å². The molecule has 2 aromatic carbocycles. The summed E-state index contributed by atoms with van der Waals surface area (Å²) in [4.78, 5) is 41.1. The van der Waals surface area contributed by atoms with Crippen molar-refractivity contribution in [3.05, 3.63) is 83.7 Å². The second kappa shape index (κ2) is 9.58. The molecule has 3 aromatic rings. The van der Waals surface area contributed by atoms with Gasteiger partial charge in [0.1, 0.15) is 6.61 Å². The van der Waals surface area contributed by atoms with E-state index >= 15 is 0 Å². The average Bonchev–Trinajstić information content (AvgIpc) is 3.46. The SMILES string of the molecule is O=C(Nc1cccnc1C(=O)N[C@H]1CCC[C@H]1C(=O)O)OCC1c2ccccc2-c2ccccc21. The van der Waals surface area contributed by atoms with Crippen LogP contribution in [0.25, 0.3) is 11.1 Å². The van der Waals surface area contributed by atoms with E-state index in [9.17, 15) is 19.5 Å². The van der Waals surface area contributed by atoms with Crippen molar-refractivity contribution in [1.29, 1.82) is 0 Å². The minimum absolute atomic E-state index is 0.0112. The van der Waals surface area contributed by atoms with Crippen LogP contribution in [0.1, 0.15) is 46.8 Å². The number of carboxylic acid groups (broad SMARTS) is 1. The maximum Gasteiger partial charge on any atom is 0.411 e. The van der Waals surface area contributed by atoms with Crippen LogP contribution in [0.4, 0.5) is 10.5 Å². The van der Waals surface area contributed by atoms with Crippen molar-refractivity contribution in [3.63, 3.8) is 0 Å². The van der Waals surface area contributed by atoms with Gasteiger partial charge in [0.15, 0.2) is 5.69 Å². The Kier molecular flexibility index (Phi) is 6.18. The molecule has 0 unspecified atom stereocenters. The largest absolute Gasteiger partial charge is 0.481 e. The molecule has 2 amide bonds. The van der Waals surface area contributed by atoms with Crippen molar-refractivity contribution in [3.8, 4) is 11.1 Å². The number of aliphatic carboxylic acids is 1. The number of rotatable bonds is 6. The molecule has 1 saturated carbocycles. The van der Waals surface area contributed by atoms with Gasteiger partial charge in [-0.25, -0.2) is 9.78 Å². The highest BCUT2D eigenvalue weighted by molar-refractivity contribution is 6.01. The monoisotopic (exact) mass is 471 g/mol. The predicted molar refractivity (Wildman–Crippen MR) is 129 cm³/mol. The average molecular weight is 472 g/mol. The van der Waals surface area contributed by atoms with Gasteiger partial charge in [0.2, 0.25) is 0 Å². The van der Waals surface area contributed by atoms with E-state index in [1.54, 1.807) is 12.1 Å². The molecule has 8 nitrogen and oxygen atoms in total. The maximum atomic E-state index is 12.9. The zero-order valence-corrected chi connectivity index (χ0v) is 18.9. The molecule has 0 radical (unpaired) electrons. The first kappa shape index (κ1) is 22.6. The molecule has 0 bridgehead atoms. The number of hydrogen-bond acceptors (Lipinski definition) is 5. The Hall–Kier alpha value is -4.20. The highest BCUT2D eigenvalue weighted by Crippen LogP contribution is 2.44. The Labute approximate surface area is 202 Å². The number of nitrogens with zero attached hydrogens (tertiary/aromatic N) is 1. The number of anilines is 1. The van der Waals surface area contributed by atoms with E-state index in [1.165, 1.54) is 6.20 Å². The lowest BCUT2D eigenvalue weighted by atomic mass is 9.98. The lowest BCUT2D eigenvalue weighted by Gasteiger charge is -2.18. The Morgan fingerprint density at radius 1 is 0.943 bits per heavy atom. The van der Waals surface area contributed by atoms with Crippen LogP contribution >= 0.6 is 0 Å². The first-order valence-corrected chi connectivity index (χ1v) is 11.6. The minimum Gasteiger partial charge on any atom is -0.481 e. The van der Waals surface area contributed by atoms with Gasteiger partial charge in [0, 0.05) is 18.2 Å². The first-order valence-electron chi connectivity index (χ1n) is 11.6. The number of carbonyl (C=O) groups excluding carboxylic acids is 2. The van der Waals surface area contributed by atoms with Crippen LogP contribution in [0.15, 0.2) is 66.9 Å². The molecular weight excluding hydrogens is 446 g/mol. The van der Waals surface area contributed by atoms with Crippen molar-refractivity contribution in [2.45, 2.75) is 31.2 Å². The van der Waals surface area contributed by atoms with Crippen LogP contribution in [-0.2, 0) is 9.53 Å². The van der Waals surface area contributed by atoms with Crippen LogP contribution in [0.2, 0.25) is 0 Å². The lowest BCUT2D eigenvalue weighted by molar-refractivity contribution is -0.142. The minimum atomic E-state index is -0.925. The Morgan fingerprint density at radius 3 is 2.31 bits per heavy atom. The zero-order valence-electron chi connectivity index (χ0n) is 18.9. The van der Waals surface area contributed by atoms with E-state index in [0.717, 1.165) is 28.7 Å². The van der Waals surface area contributed by atoms with E-state index in [4.69, 9.17) is 4.74 Å². The van der Waals surface area contributed by atoms with Crippen molar-refractivity contribution in [2.24, 2.45) is 5.92 Å². The highest BCUT2D eigenvalue weighted by Gasteiger charge is 2.35. The summed E-state index contributed by atoms with van der Waals surface area (Å²) in [5, 5.41) is 14.8. The molecule has 1 aromatic heterocycles.